The number of allylic oxidation sites excluding steroid dienone is 1. The molecule has 5 nitrogen and oxygen atoms in total. The van der Waals surface area contributed by atoms with E-state index >= 15 is 0 Å². The molecule has 0 N–H and O–H groups in total. The molecular weight excluding hydrogens is 592 g/mol. The summed E-state index contributed by atoms with van der Waals surface area (Å²) >= 11 is 0. The summed E-state index contributed by atoms with van der Waals surface area (Å²) in [7, 11) is 0. The summed E-state index contributed by atoms with van der Waals surface area (Å²) in [6, 6.07) is 38.2. The quantitative estimate of drug-likeness (QED) is 0.0565. The number of nitrogens with zero attached hydrogens (tertiary/aromatic N) is 2. The Kier molecular flexibility index (Phi) is 16.4. The normalized spacial score (nSPS) is 9.92. The number of unbranched alkanes of at least 4 members (excludes halogenated alkanes) is 7. The number of ether oxygens (including phenoxy) is 1. The first-order valence-corrected chi connectivity index (χ1v) is 16.6. The number of esters is 1. The fraction of sp³-hybridized carbons (Fsp3) is 0.256. The highest BCUT2D eigenvalue weighted by Gasteiger charge is 2.20. The molecule has 4 aromatic rings. The van der Waals surface area contributed by atoms with E-state index in [1.54, 1.807) is 0 Å². The molecule has 0 aliphatic carbocycles. The Bertz CT molecular complexity index is 1630. The van der Waals surface area contributed by atoms with Gasteiger partial charge in [-0.15, -0.1) is 0 Å². The molecule has 5 heteroatoms. The van der Waals surface area contributed by atoms with Crippen molar-refractivity contribution in [1.82, 2.24) is 0 Å². The predicted molar refractivity (Wildman–Crippen MR) is 195 cm³/mol. The molecule has 0 aliphatic heterocycles. The zero-order valence-corrected chi connectivity index (χ0v) is 28.0. The van der Waals surface area contributed by atoms with Crippen molar-refractivity contribution in [3.8, 4) is 0 Å². The zero-order chi connectivity index (χ0) is 34.4. The summed E-state index contributed by atoms with van der Waals surface area (Å²) in [6.45, 7) is 18.9. The molecule has 4 rings (SSSR count). The first-order valence-electron chi connectivity index (χ1n) is 16.6. The Morgan fingerprint density at radius 2 is 0.854 bits per heavy atom. The van der Waals surface area contributed by atoms with E-state index in [4.69, 9.17) is 17.9 Å². The molecule has 0 aromatic heterocycles. The second kappa shape index (κ2) is 21.3. The van der Waals surface area contributed by atoms with E-state index in [1.807, 2.05) is 121 Å². The summed E-state index contributed by atoms with van der Waals surface area (Å²) in [5.41, 5.74) is 5.00. The van der Waals surface area contributed by atoms with Crippen molar-refractivity contribution < 1.29 is 14.3 Å². The fourth-order valence-corrected chi connectivity index (χ4v) is 5.28. The van der Waals surface area contributed by atoms with Gasteiger partial charge in [0, 0.05) is 5.57 Å². The van der Waals surface area contributed by atoms with Crippen LogP contribution in [0.2, 0.25) is 0 Å². The number of carbonyl (C=O) groups is 2. The summed E-state index contributed by atoms with van der Waals surface area (Å²) < 4.78 is 5.45. The van der Waals surface area contributed by atoms with Gasteiger partial charge in [0.15, 0.2) is 5.78 Å². The highest BCUT2D eigenvalue weighted by atomic mass is 16.5. The molecule has 0 heterocycles. The minimum absolute atomic E-state index is 0.0435. The van der Waals surface area contributed by atoms with Gasteiger partial charge in [-0.25, -0.2) is 9.69 Å². The number of benzene rings is 4. The lowest BCUT2D eigenvalue weighted by Crippen LogP contribution is -2.09. The van der Waals surface area contributed by atoms with Crippen molar-refractivity contribution in [3.05, 3.63) is 178 Å². The average Bonchev–Trinajstić information content (AvgIpc) is 3.13. The molecule has 0 spiro atoms. The average molecular weight is 637 g/mol. The predicted octanol–water partition coefficient (Wildman–Crippen LogP) is 11.0. The maximum atomic E-state index is 12.7. The Hall–Kier alpha value is -5.52. The molecule has 0 radical (unpaired) electrons. The molecule has 0 unspecified atom stereocenters. The van der Waals surface area contributed by atoms with E-state index in [0.717, 1.165) is 35.1 Å². The maximum Gasteiger partial charge on any atom is 0.336 e. The highest BCUT2D eigenvalue weighted by Crippen LogP contribution is 2.29. The largest absolute Gasteiger partial charge is 0.471 e. The molecule has 0 saturated carbocycles. The van der Waals surface area contributed by atoms with E-state index in [-0.39, 0.29) is 17.2 Å². The van der Waals surface area contributed by atoms with Crippen LogP contribution in [0.15, 0.2) is 133 Å². The molecule has 0 fully saturated rings. The molecule has 4 aromatic carbocycles. The zero-order valence-electron chi connectivity index (χ0n) is 28.0. The van der Waals surface area contributed by atoms with Crippen molar-refractivity contribution in [1.29, 1.82) is 0 Å². The topological polar surface area (TPSA) is 52.1 Å². The molecular formula is C43H44N2O3. The van der Waals surface area contributed by atoms with E-state index < -0.39 is 5.97 Å². The number of ketones is 1. The van der Waals surface area contributed by atoms with E-state index in [9.17, 15) is 9.59 Å². The lowest BCUT2D eigenvalue weighted by molar-refractivity contribution is -0.138. The van der Waals surface area contributed by atoms with Gasteiger partial charge in [0.1, 0.15) is 0 Å². The Morgan fingerprint density at radius 1 is 0.521 bits per heavy atom. The second-order valence-corrected chi connectivity index (χ2v) is 11.3. The van der Waals surface area contributed by atoms with Gasteiger partial charge in [-0.05, 0) is 41.2 Å². The van der Waals surface area contributed by atoms with Crippen LogP contribution < -0.4 is 0 Å². The Labute approximate surface area is 286 Å². The third-order valence-electron chi connectivity index (χ3n) is 7.70. The standard InChI is InChI=1S/C26H31NO2.C17H13NO/c1-3-4-5-6-7-8-9-16-21-29-26(28)25(27-2)24(22-17-12-10-13-18-22)23-19-14-11-15-20-23;1-13(19)17(18-2)16(14-9-5-3-6-10-14)15-11-7-4-8-12-15/h10-15,17-20H,3-9,16,21H2,1H3;3-12H,1H3. The second-order valence-electron chi connectivity index (χ2n) is 11.3. The van der Waals surface area contributed by atoms with Crippen LogP contribution in [-0.4, -0.2) is 18.4 Å². The van der Waals surface area contributed by atoms with Crippen molar-refractivity contribution >= 4 is 22.9 Å². The van der Waals surface area contributed by atoms with Crippen molar-refractivity contribution in [2.75, 3.05) is 6.61 Å². The number of hydrogen-bond donors (Lipinski definition) is 0. The van der Waals surface area contributed by atoms with Gasteiger partial charge in [0.05, 0.1) is 19.8 Å². The van der Waals surface area contributed by atoms with Crippen LogP contribution in [-0.2, 0) is 14.3 Å². The van der Waals surface area contributed by atoms with E-state index in [0.29, 0.717) is 17.8 Å². The van der Waals surface area contributed by atoms with Crippen molar-refractivity contribution in [2.24, 2.45) is 0 Å². The first-order chi connectivity index (χ1) is 23.5. The summed E-state index contributed by atoms with van der Waals surface area (Å²) in [5, 5.41) is 0. The van der Waals surface area contributed by atoms with Gasteiger partial charge < -0.3 is 9.53 Å². The summed E-state index contributed by atoms with van der Waals surface area (Å²) in [6.07, 6.45) is 9.49. The SMILES string of the molecule is [C-]#[N+]C(C(=O)OCCCCCCCCCC)=C(c1ccccc1)c1ccccc1.[C-]#[N+]C(C(C)=O)=C(c1ccccc1)c1ccccc1. The van der Waals surface area contributed by atoms with Crippen LogP contribution in [0.5, 0.6) is 0 Å². The minimum atomic E-state index is -0.536. The molecule has 0 saturated heterocycles. The van der Waals surface area contributed by atoms with Crippen LogP contribution in [0.1, 0.15) is 87.5 Å². The number of carbonyl (C=O) groups excluding carboxylic acids is 2. The van der Waals surface area contributed by atoms with Gasteiger partial charge in [0.25, 0.3) is 5.70 Å². The van der Waals surface area contributed by atoms with Crippen LogP contribution in [0.3, 0.4) is 0 Å². The van der Waals surface area contributed by atoms with Crippen LogP contribution in [0.25, 0.3) is 20.8 Å². The third-order valence-corrected chi connectivity index (χ3v) is 7.70. The molecule has 0 amide bonds. The number of rotatable bonds is 15. The van der Waals surface area contributed by atoms with Gasteiger partial charge >= 0.3 is 5.97 Å². The minimum Gasteiger partial charge on any atom is -0.471 e. The monoisotopic (exact) mass is 636 g/mol. The lowest BCUT2D eigenvalue weighted by Gasteiger charge is -2.12. The molecule has 0 bridgehead atoms. The summed E-state index contributed by atoms with van der Waals surface area (Å²) in [5.74, 6) is -0.747. The van der Waals surface area contributed by atoms with Gasteiger partial charge in [-0.3, -0.25) is 4.79 Å². The Morgan fingerprint density at radius 3 is 1.19 bits per heavy atom. The van der Waals surface area contributed by atoms with Gasteiger partial charge in [0.2, 0.25) is 5.70 Å². The molecule has 0 aliphatic rings. The van der Waals surface area contributed by atoms with E-state index in [2.05, 4.69) is 16.6 Å². The third kappa shape index (κ3) is 11.7. The smallest absolute Gasteiger partial charge is 0.336 e. The van der Waals surface area contributed by atoms with Gasteiger partial charge in [-0.2, -0.15) is 0 Å². The van der Waals surface area contributed by atoms with Crippen molar-refractivity contribution in [3.63, 3.8) is 0 Å². The Balaban J connectivity index is 0.000000284. The first kappa shape index (κ1) is 36.9. The van der Waals surface area contributed by atoms with Crippen molar-refractivity contribution in [2.45, 2.75) is 65.2 Å². The molecule has 244 valence electrons. The summed E-state index contributed by atoms with van der Waals surface area (Å²) in [4.78, 5) is 31.3. The number of hydrogen-bond acceptors (Lipinski definition) is 3. The molecule has 48 heavy (non-hydrogen) atoms. The van der Waals surface area contributed by atoms with E-state index in [1.165, 1.54) is 45.4 Å². The van der Waals surface area contributed by atoms with Gasteiger partial charge in [-0.1, -0.05) is 173 Å². The molecule has 0 atom stereocenters. The van der Waals surface area contributed by atoms with Crippen LogP contribution in [0, 0.1) is 13.1 Å². The van der Waals surface area contributed by atoms with Crippen LogP contribution >= 0.6 is 0 Å². The highest BCUT2D eigenvalue weighted by molar-refractivity contribution is 6.06. The fourth-order valence-electron chi connectivity index (χ4n) is 5.28. The van der Waals surface area contributed by atoms with Crippen LogP contribution in [0.4, 0.5) is 0 Å². The maximum absolute atomic E-state index is 12.7. The lowest BCUT2D eigenvalue weighted by atomic mass is 9.95. The number of Topliss-reactive ketones (excluding diaryl/α,β-unsaturated/α-hetero) is 1.